The average Bonchev–Trinajstić information content (AvgIpc) is 3.09. The minimum Gasteiger partial charge on any atom is -0.435 e. The van der Waals surface area contributed by atoms with Gasteiger partial charge in [0.1, 0.15) is 17.0 Å². The molecular formula is C22H24F2N4O5S. The van der Waals surface area contributed by atoms with Crippen molar-refractivity contribution >= 4 is 26.8 Å². The Balaban J connectivity index is 1.75. The molecule has 4 rings (SSSR count). The number of halogens is 2. The second-order valence-electron chi connectivity index (χ2n) is 8.82. The molecule has 1 aromatic carbocycles. The summed E-state index contributed by atoms with van der Waals surface area (Å²) in [4.78, 5) is 17.2. The summed E-state index contributed by atoms with van der Waals surface area (Å²) in [5.41, 5.74) is 1.02. The standard InChI is InChI=1S/C22H24F2N4O5S/c1-12(13(2)29)28-17-8-15(20(30)26-22(3)10-34(31,32)11-22)9-25-19(17)18(27-28)14-5-4-6-16(7-14)33-21(23)24/h4-9,12-13,21,29H,10-11H2,1-3H3,(H,26,30)/t12-,13-/m1/s1. The lowest BCUT2D eigenvalue weighted by Crippen LogP contribution is -2.63. The van der Waals surface area contributed by atoms with Gasteiger partial charge in [-0.25, -0.2) is 8.42 Å². The molecule has 2 aromatic heterocycles. The normalized spacial score (nSPS) is 18.3. The molecule has 12 heteroatoms. The number of aromatic nitrogens is 3. The maximum Gasteiger partial charge on any atom is 0.387 e. The predicted molar refractivity (Wildman–Crippen MR) is 121 cm³/mol. The lowest BCUT2D eigenvalue weighted by Gasteiger charge is -2.38. The number of benzene rings is 1. The fraction of sp³-hybridized carbons (Fsp3) is 0.409. The van der Waals surface area contributed by atoms with Crippen molar-refractivity contribution in [2.45, 2.75) is 45.1 Å². The molecule has 2 atom stereocenters. The summed E-state index contributed by atoms with van der Waals surface area (Å²) in [6.45, 7) is 2.01. The van der Waals surface area contributed by atoms with Crippen molar-refractivity contribution < 1.29 is 31.8 Å². The second-order valence-corrected chi connectivity index (χ2v) is 10.9. The van der Waals surface area contributed by atoms with E-state index in [0.29, 0.717) is 22.3 Å². The van der Waals surface area contributed by atoms with Crippen molar-refractivity contribution in [3.05, 3.63) is 42.1 Å². The summed E-state index contributed by atoms with van der Waals surface area (Å²) in [5.74, 6) is -0.810. The summed E-state index contributed by atoms with van der Waals surface area (Å²) in [6, 6.07) is 7.08. The fourth-order valence-corrected chi connectivity index (χ4v) is 6.02. The Bertz CT molecular complexity index is 1340. The van der Waals surface area contributed by atoms with Crippen LogP contribution in [0, 0.1) is 0 Å². The number of aliphatic hydroxyl groups excluding tert-OH is 1. The van der Waals surface area contributed by atoms with Crippen LogP contribution in [0.25, 0.3) is 22.3 Å². The van der Waals surface area contributed by atoms with Gasteiger partial charge in [-0.15, -0.1) is 0 Å². The van der Waals surface area contributed by atoms with Gasteiger partial charge in [0.2, 0.25) is 0 Å². The molecule has 1 amide bonds. The van der Waals surface area contributed by atoms with Crippen molar-refractivity contribution in [1.82, 2.24) is 20.1 Å². The van der Waals surface area contributed by atoms with Crippen LogP contribution in [0.15, 0.2) is 36.5 Å². The smallest absolute Gasteiger partial charge is 0.387 e. The number of nitrogens with one attached hydrogen (secondary N) is 1. The minimum absolute atomic E-state index is 0.0431. The molecule has 1 fully saturated rings. The maximum absolute atomic E-state index is 12.8. The van der Waals surface area contributed by atoms with E-state index in [9.17, 15) is 27.1 Å². The summed E-state index contributed by atoms with van der Waals surface area (Å²) in [7, 11) is -3.15. The van der Waals surface area contributed by atoms with Crippen LogP contribution in [0.2, 0.25) is 0 Å². The van der Waals surface area contributed by atoms with Crippen LogP contribution in [-0.2, 0) is 9.84 Å². The van der Waals surface area contributed by atoms with Gasteiger partial charge < -0.3 is 15.2 Å². The van der Waals surface area contributed by atoms with Gasteiger partial charge in [0.25, 0.3) is 5.91 Å². The van der Waals surface area contributed by atoms with E-state index in [4.69, 9.17) is 0 Å². The third-order valence-corrected chi connectivity index (χ3v) is 7.87. The minimum atomic E-state index is -3.15. The number of sulfone groups is 1. The van der Waals surface area contributed by atoms with Crippen molar-refractivity contribution in [3.63, 3.8) is 0 Å². The van der Waals surface area contributed by atoms with Crippen molar-refractivity contribution in [1.29, 1.82) is 0 Å². The summed E-state index contributed by atoms with van der Waals surface area (Å²) in [6.07, 6.45) is 0.553. The first-order chi connectivity index (χ1) is 15.9. The SMILES string of the molecule is C[C@H]([C@@H](C)O)n1nc(-c2cccc(OC(F)F)c2)c2ncc(C(=O)NC3(C)CS(=O)(=O)C3)cc21. The molecule has 1 saturated heterocycles. The molecule has 0 aliphatic carbocycles. The number of aliphatic hydroxyl groups is 1. The molecule has 0 spiro atoms. The number of ether oxygens (including phenoxy) is 1. The van der Waals surface area contributed by atoms with Crippen LogP contribution in [-0.4, -0.2) is 64.0 Å². The van der Waals surface area contributed by atoms with E-state index in [1.165, 1.54) is 23.0 Å². The molecule has 34 heavy (non-hydrogen) atoms. The van der Waals surface area contributed by atoms with Crippen molar-refractivity contribution in [2.75, 3.05) is 11.5 Å². The highest BCUT2D eigenvalue weighted by Crippen LogP contribution is 2.32. The molecule has 0 bridgehead atoms. The molecule has 9 nitrogen and oxygen atoms in total. The van der Waals surface area contributed by atoms with E-state index in [2.05, 4.69) is 20.1 Å². The Hall–Kier alpha value is -3.12. The molecule has 0 unspecified atom stereocenters. The number of fused-ring (bicyclic) bond motifs is 1. The van der Waals surface area contributed by atoms with Gasteiger partial charge in [-0.3, -0.25) is 14.5 Å². The van der Waals surface area contributed by atoms with E-state index < -0.39 is 40.0 Å². The number of hydrogen-bond acceptors (Lipinski definition) is 7. The van der Waals surface area contributed by atoms with Crippen LogP contribution in [0.5, 0.6) is 5.75 Å². The van der Waals surface area contributed by atoms with Crippen LogP contribution < -0.4 is 10.1 Å². The average molecular weight is 495 g/mol. The zero-order chi connectivity index (χ0) is 24.8. The van der Waals surface area contributed by atoms with Crippen LogP contribution in [0.1, 0.15) is 37.2 Å². The van der Waals surface area contributed by atoms with Gasteiger partial charge in [0.15, 0.2) is 9.84 Å². The van der Waals surface area contributed by atoms with E-state index in [-0.39, 0.29) is 22.8 Å². The summed E-state index contributed by atoms with van der Waals surface area (Å²) < 4.78 is 54.4. The number of nitrogens with zero attached hydrogens (tertiary/aromatic N) is 3. The van der Waals surface area contributed by atoms with Gasteiger partial charge in [-0.05, 0) is 39.0 Å². The monoisotopic (exact) mass is 494 g/mol. The lowest BCUT2D eigenvalue weighted by molar-refractivity contribution is -0.0498. The van der Waals surface area contributed by atoms with E-state index in [1.807, 2.05) is 0 Å². The van der Waals surface area contributed by atoms with Gasteiger partial charge in [0, 0.05) is 11.8 Å². The highest BCUT2D eigenvalue weighted by molar-refractivity contribution is 7.93. The van der Waals surface area contributed by atoms with Crippen LogP contribution in [0.3, 0.4) is 0 Å². The maximum atomic E-state index is 12.8. The number of carbonyl (C=O) groups is 1. The summed E-state index contributed by atoms with van der Waals surface area (Å²) >= 11 is 0. The lowest BCUT2D eigenvalue weighted by atomic mass is 10.1. The first kappa shape index (κ1) is 24.0. The van der Waals surface area contributed by atoms with Gasteiger partial charge in [-0.2, -0.15) is 13.9 Å². The molecule has 2 N–H and O–H groups in total. The highest BCUT2D eigenvalue weighted by atomic mass is 32.2. The number of amides is 1. The molecule has 182 valence electrons. The topological polar surface area (TPSA) is 123 Å². The zero-order valence-electron chi connectivity index (χ0n) is 18.7. The Morgan fingerprint density at radius 1 is 1.26 bits per heavy atom. The van der Waals surface area contributed by atoms with Gasteiger partial charge >= 0.3 is 6.61 Å². The zero-order valence-corrected chi connectivity index (χ0v) is 19.5. The molecule has 1 aliphatic rings. The fourth-order valence-electron chi connectivity index (χ4n) is 4.02. The number of rotatable bonds is 7. The Kier molecular flexibility index (Phi) is 6.06. The van der Waals surface area contributed by atoms with E-state index in [1.54, 1.807) is 39.0 Å². The van der Waals surface area contributed by atoms with Crippen molar-refractivity contribution in [3.8, 4) is 17.0 Å². The Labute approximate surface area is 194 Å². The number of hydrogen-bond donors (Lipinski definition) is 2. The van der Waals surface area contributed by atoms with Gasteiger partial charge in [-0.1, -0.05) is 12.1 Å². The van der Waals surface area contributed by atoms with Crippen LogP contribution >= 0.6 is 0 Å². The third kappa shape index (κ3) is 4.73. The molecule has 3 aromatic rings. The predicted octanol–water partition coefficient (Wildman–Crippen LogP) is 2.56. The molecule has 1 aliphatic heterocycles. The number of carbonyl (C=O) groups excluding carboxylic acids is 1. The molecule has 0 saturated carbocycles. The number of alkyl halides is 2. The highest BCUT2D eigenvalue weighted by Gasteiger charge is 2.45. The molecule has 0 radical (unpaired) electrons. The molecular weight excluding hydrogens is 470 g/mol. The Morgan fingerprint density at radius 3 is 2.59 bits per heavy atom. The first-order valence-corrected chi connectivity index (χ1v) is 12.3. The van der Waals surface area contributed by atoms with Crippen molar-refractivity contribution in [2.24, 2.45) is 0 Å². The largest absolute Gasteiger partial charge is 0.435 e. The van der Waals surface area contributed by atoms with E-state index in [0.717, 1.165) is 0 Å². The molecule has 3 heterocycles. The second kappa shape index (κ2) is 8.58. The quantitative estimate of drug-likeness (QED) is 0.517. The summed E-state index contributed by atoms with van der Waals surface area (Å²) in [5, 5.41) is 17.5. The van der Waals surface area contributed by atoms with Crippen LogP contribution in [0.4, 0.5) is 8.78 Å². The third-order valence-electron chi connectivity index (χ3n) is 5.72. The first-order valence-electron chi connectivity index (χ1n) is 10.5. The van der Waals surface area contributed by atoms with Gasteiger partial charge in [0.05, 0.1) is 40.3 Å². The number of pyridine rings is 1. The van der Waals surface area contributed by atoms with E-state index >= 15 is 0 Å². The Morgan fingerprint density at radius 2 is 1.97 bits per heavy atom.